The summed E-state index contributed by atoms with van der Waals surface area (Å²) in [6.07, 6.45) is 5.85. The van der Waals surface area contributed by atoms with Crippen LogP contribution in [0.1, 0.15) is 95.2 Å². The molecular formula is C52H68N4O6Si. The Morgan fingerprint density at radius 1 is 0.619 bits per heavy atom. The van der Waals surface area contributed by atoms with E-state index in [1.165, 1.54) is 53.1 Å². The van der Waals surface area contributed by atoms with Crippen LogP contribution < -0.4 is 14.2 Å². The predicted molar refractivity (Wildman–Crippen MR) is 255 cm³/mol. The van der Waals surface area contributed by atoms with Gasteiger partial charge in [-0.25, -0.2) is 4.85 Å². The molecule has 3 aliphatic rings. The minimum absolute atomic E-state index is 0.0395. The lowest BCUT2D eigenvalue weighted by molar-refractivity contribution is -0.00348. The second-order valence-corrected chi connectivity index (χ2v) is 18.8. The van der Waals surface area contributed by atoms with Crippen LogP contribution in [0.25, 0.3) is 15.6 Å². The Bertz CT molecular complexity index is 2170. The third-order valence-corrected chi connectivity index (χ3v) is 14.6. The first kappa shape index (κ1) is 47.7. The van der Waals surface area contributed by atoms with Crippen LogP contribution in [-0.2, 0) is 32.9 Å². The van der Waals surface area contributed by atoms with Crippen molar-refractivity contribution in [3.8, 4) is 17.2 Å². The molecular weight excluding hydrogens is 805 g/mol. The molecule has 8 rings (SSSR count). The third-order valence-electron chi connectivity index (χ3n) is 11.4. The Kier molecular flexibility index (Phi) is 18.9. The van der Waals surface area contributed by atoms with Crippen LogP contribution in [0.3, 0.4) is 0 Å². The lowest BCUT2D eigenvalue weighted by Crippen LogP contribution is -2.46. The maximum Gasteiger partial charge on any atom is 0.500 e. The van der Waals surface area contributed by atoms with E-state index in [2.05, 4.69) is 118 Å². The summed E-state index contributed by atoms with van der Waals surface area (Å²) in [7, 11) is -2.57. The molecule has 0 spiro atoms. The minimum Gasteiger partial charge on any atom is -0.478 e. The van der Waals surface area contributed by atoms with Crippen molar-refractivity contribution in [3.05, 3.63) is 143 Å². The summed E-state index contributed by atoms with van der Waals surface area (Å²) in [5, 5.41) is 2.63. The summed E-state index contributed by atoms with van der Waals surface area (Å²) in [5.41, 5.74) is 5.59. The largest absolute Gasteiger partial charge is 0.500 e. The number of ether oxygens (including phenoxy) is 3. The summed E-state index contributed by atoms with van der Waals surface area (Å²) in [6, 6.07) is 38.1. The van der Waals surface area contributed by atoms with Gasteiger partial charge in [0.1, 0.15) is 30.7 Å². The molecule has 0 saturated heterocycles. The fourth-order valence-corrected chi connectivity index (χ4v) is 10.9. The van der Waals surface area contributed by atoms with Crippen molar-refractivity contribution in [2.75, 3.05) is 52.9 Å². The van der Waals surface area contributed by atoms with Crippen molar-refractivity contribution in [2.24, 2.45) is 0 Å². The second kappa shape index (κ2) is 24.9. The Labute approximate surface area is 377 Å². The van der Waals surface area contributed by atoms with Gasteiger partial charge in [-0.2, -0.15) is 0 Å². The zero-order valence-corrected chi connectivity index (χ0v) is 39.2. The van der Waals surface area contributed by atoms with Crippen LogP contribution >= 0.6 is 0 Å². The normalized spacial score (nSPS) is 16.0. The van der Waals surface area contributed by atoms with Crippen molar-refractivity contribution in [1.82, 2.24) is 14.7 Å². The molecule has 0 bridgehead atoms. The fourth-order valence-electron chi connectivity index (χ4n) is 8.28. The van der Waals surface area contributed by atoms with Crippen molar-refractivity contribution in [1.29, 1.82) is 0 Å². The molecule has 0 aromatic heterocycles. The van der Waals surface area contributed by atoms with Gasteiger partial charge < -0.3 is 27.5 Å². The van der Waals surface area contributed by atoms with E-state index >= 15 is 0 Å². The molecule has 0 N–H and O–H groups in total. The maximum absolute atomic E-state index is 7.14. The van der Waals surface area contributed by atoms with Crippen LogP contribution in [0.4, 0.5) is 5.69 Å². The molecule has 10 nitrogen and oxygen atoms in total. The predicted octanol–water partition coefficient (Wildman–Crippen LogP) is 12.0. The number of fused-ring (bicyclic) bond motifs is 5. The number of unbranched alkanes of at least 4 members (excludes halogenated alkanes) is 2. The Hall–Kier alpha value is -4.77. The Morgan fingerprint density at radius 3 is 1.98 bits per heavy atom. The van der Waals surface area contributed by atoms with E-state index in [9.17, 15) is 0 Å². The van der Waals surface area contributed by atoms with Gasteiger partial charge in [0, 0.05) is 81.8 Å². The molecule has 336 valence electrons. The summed E-state index contributed by atoms with van der Waals surface area (Å²) >= 11 is 0. The lowest BCUT2D eigenvalue weighted by Gasteiger charge is -2.37. The summed E-state index contributed by atoms with van der Waals surface area (Å²) in [5.74, 6) is 2.96. The first-order valence-electron chi connectivity index (χ1n) is 23.1. The van der Waals surface area contributed by atoms with Gasteiger partial charge in [0.05, 0.1) is 6.57 Å². The molecule has 0 radical (unpaired) electrons. The van der Waals surface area contributed by atoms with E-state index < -0.39 is 8.80 Å². The smallest absolute Gasteiger partial charge is 0.478 e. The van der Waals surface area contributed by atoms with Gasteiger partial charge in [-0.1, -0.05) is 112 Å². The summed E-state index contributed by atoms with van der Waals surface area (Å²) < 4.78 is 35.6. The van der Waals surface area contributed by atoms with E-state index in [4.69, 9.17) is 34.1 Å². The maximum atomic E-state index is 7.14. The number of hydrogen-bond donors (Lipinski definition) is 0. The zero-order valence-electron chi connectivity index (χ0n) is 38.2. The molecule has 1 unspecified atom stereocenters. The monoisotopic (exact) mass is 872 g/mol. The average Bonchev–Trinajstić information content (AvgIpc) is 3.33. The van der Waals surface area contributed by atoms with E-state index in [0.29, 0.717) is 32.2 Å². The molecule has 3 aliphatic heterocycles. The van der Waals surface area contributed by atoms with E-state index in [0.717, 1.165) is 81.3 Å². The van der Waals surface area contributed by atoms with Gasteiger partial charge in [-0.3, -0.25) is 14.7 Å². The van der Waals surface area contributed by atoms with Gasteiger partial charge >= 0.3 is 8.80 Å². The standard InChI is InChI=1S/C18H28N2O4Si.C18H21NO.C16H19NO/c1-5-22-25(23-6-2,24-7-3)12-8-11-20-14-16-13-17(19-4)9-10-18(16)21-15-20;1-2-3-13-19-14-16-11-7-8-12-17(16)20-18(19)15-9-5-4-6-10-15;1-2-3-10-17-11-15-14-7-5-4-6-13(14)8-9-16(15)18-12-17/h9-10,13H,5-8,11-12,14-15H2,1-3H3;4-12,18H,2-3,13-14H2,1H3;4-9H,2-3,10-12H2,1H3. The highest BCUT2D eigenvalue weighted by molar-refractivity contribution is 6.60. The van der Waals surface area contributed by atoms with Crippen LogP contribution in [-0.4, -0.2) is 76.4 Å². The van der Waals surface area contributed by atoms with E-state index in [-0.39, 0.29) is 6.23 Å². The van der Waals surface area contributed by atoms with Gasteiger partial charge in [-0.15, -0.1) is 0 Å². The summed E-state index contributed by atoms with van der Waals surface area (Å²) in [4.78, 5) is 10.5. The molecule has 0 amide bonds. The summed E-state index contributed by atoms with van der Waals surface area (Å²) in [6.45, 7) is 26.5. The topological polar surface area (TPSA) is 69.5 Å². The van der Waals surface area contributed by atoms with Gasteiger partial charge in [0.25, 0.3) is 0 Å². The average molecular weight is 873 g/mol. The number of para-hydroxylation sites is 1. The van der Waals surface area contributed by atoms with Gasteiger partial charge in [0.2, 0.25) is 0 Å². The minimum atomic E-state index is -2.57. The SMILES string of the molecule is CCCCN1COc2ccc3ccccc3c2C1.CCCCN1Cc2ccccc2OC1c1ccccc1.[C-]#[N+]c1ccc2c(c1)CN(CCC[Si](OCC)(OCC)OCC)CO2. The van der Waals surface area contributed by atoms with E-state index in [1.807, 2.05) is 39.0 Å². The highest BCUT2D eigenvalue weighted by Gasteiger charge is 2.40. The highest BCUT2D eigenvalue weighted by atomic mass is 28.4. The molecule has 0 fully saturated rings. The fraction of sp³-hybridized carbons (Fsp3) is 0.442. The quantitative estimate of drug-likeness (QED) is 0.0671. The number of hydrogen-bond acceptors (Lipinski definition) is 9. The second-order valence-electron chi connectivity index (χ2n) is 16.1. The third kappa shape index (κ3) is 13.4. The molecule has 11 heteroatoms. The molecule has 5 aromatic carbocycles. The van der Waals surface area contributed by atoms with Crippen LogP contribution in [0.5, 0.6) is 17.2 Å². The molecule has 0 aliphatic carbocycles. The lowest BCUT2D eigenvalue weighted by atomic mass is 10.0. The van der Waals surface area contributed by atoms with Crippen molar-refractivity contribution in [2.45, 2.75) is 98.6 Å². The number of benzene rings is 5. The van der Waals surface area contributed by atoms with Crippen LogP contribution in [0.2, 0.25) is 6.04 Å². The van der Waals surface area contributed by atoms with E-state index in [1.54, 1.807) is 6.07 Å². The molecule has 3 heterocycles. The Morgan fingerprint density at radius 2 is 1.25 bits per heavy atom. The zero-order chi connectivity index (χ0) is 44.3. The van der Waals surface area contributed by atoms with Crippen molar-refractivity contribution < 1.29 is 27.5 Å². The number of rotatable bonds is 17. The van der Waals surface area contributed by atoms with Gasteiger partial charge in [-0.05, 0) is 80.6 Å². The van der Waals surface area contributed by atoms with Crippen molar-refractivity contribution >= 4 is 25.3 Å². The van der Waals surface area contributed by atoms with Crippen LogP contribution in [0, 0.1) is 6.57 Å². The first-order chi connectivity index (χ1) is 30.9. The molecule has 63 heavy (non-hydrogen) atoms. The molecule has 1 atom stereocenters. The molecule has 0 saturated carbocycles. The van der Waals surface area contributed by atoms with Crippen LogP contribution in [0.15, 0.2) is 109 Å². The Balaban J connectivity index is 0.000000159. The van der Waals surface area contributed by atoms with Crippen molar-refractivity contribution in [3.63, 3.8) is 0 Å². The highest BCUT2D eigenvalue weighted by Crippen LogP contribution is 2.36. The molecule has 5 aromatic rings. The number of nitrogens with zero attached hydrogens (tertiary/aromatic N) is 4. The van der Waals surface area contributed by atoms with Gasteiger partial charge in [0.15, 0.2) is 11.9 Å². The first-order valence-corrected chi connectivity index (χ1v) is 25.0.